The van der Waals surface area contributed by atoms with Gasteiger partial charge in [-0.3, -0.25) is 5.43 Å². The highest BCUT2D eigenvalue weighted by Gasteiger charge is 2.15. The third-order valence-electron chi connectivity index (χ3n) is 3.17. The van der Waals surface area contributed by atoms with Crippen LogP contribution in [0.2, 0.25) is 0 Å². The second kappa shape index (κ2) is 6.85. The van der Waals surface area contributed by atoms with E-state index in [0.717, 1.165) is 10.8 Å². The largest absolute Gasteiger partial charge is 0.375 e. The van der Waals surface area contributed by atoms with Crippen molar-refractivity contribution in [2.45, 2.75) is 18.2 Å². The molecule has 0 unspecified atom stereocenters. The molecule has 2 aromatic carbocycles. The van der Waals surface area contributed by atoms with Crippen LogP contribution in [0.3, 0.4) is 0 Å². The maximum atomic E-state index is 12.4. The second-order valence-corrected chi connectivity index (χ2v) is 7.45. The van der Waals surface area contributed by atoms with Crippen molar-refractivity contribution < 1.29 is 8.42 Å². The predicted molar refractivity (Wildman–Crippen MR) is 93.6 cm³/mol. The fourth-order valence-corrected chi connectivity index (χ4v) is 3.39. The number of rotatable bonds is 5. The van der Waals surface area contributed by atoms with E-state index >= 15 is 0 Å². The Hall–Kier alpha value is -1.99. The lowest BCUT2D eigenvalue weighted by atomic mass is 10.1. The molecular formula is C15H17N3O2S2. The van der Waals surface area contributed by atoms with E-state index in [1.165, 1.54) is 0 Å². The molecule has 2 rings (SSSR count). The fourth-order valence-electron chi connectivity index (χ4n) is 1.97. The number of nitrogens with one attached hydrogen (secondary N) is 1. The molecule has 0 heterocycles. The Bertz CT molecular complexity index is 830. The summed E-state index contributed by atoms with van der Waals surface area (Å²) < 4.78 is 24.8. The number of sulfone groups is 1. The summed E-state index contributed by atoms with van der Waals surface area (Å²) in [5, 5.41) is 5.88. The molecule has 0 radical (unpaired) electrons. The Labute approximate surface area is 135 Å². The standard InChI is InChI=1S/C15H17N3O2S2/c1-11(17-18-15(16)21)8-9-22(19,20)14-7-6-12-4-2-3-5-13(12)10-14/h2-7,10H,8-9H2,1H3,(H3,16,18,21)/b17-11-. The average molecular weight is 335 g/mol. The molecule has 3 N–H and O–H groups in total. The minimum atomic E-state index is -3.36. The van der Waals surface area contributed by atoms with Gasteiger partial charge in [0.05, 0.1) is 10.6 Å². The molecule has 0 aliphatic rings. The van der Waals surface area contributed by atoms with Crippen molar-refractivity contribution in [1.82, 2.24) is 5.43 Å². The van der Waals surface area contributed by atoms with Crippen LogP contribution in [-0.2, 0) is 9.84 Å². The molecule has 5 nitrogen and oxygen atoms in total. The quantitative estimate of drug-likeness (QED) is 0.497. The minimum absolute atomic E-state index is 0.0142. The molecule has 0 spiro atoms. The number of nitrogens with two attached hydrogens (primary N) is 1. The number of thiocarbonyl (C=S) groups is 1. The molecule has 22 heavy (non-hydrogen) atoms. The fraction of sp³-hybridized carbons (Fsp3) is 0.200. The zero-order valence-corrected chi connectivity index (χ0v) is 13.7. The summed E-state index contributed by atoms with van der Waals surface area (Å²) in [5.74, 6) is -0.0142. The highest BCUT2D eigenvalue weighted by Crippen LogP contribution is 2.20. The van der Waals surface area contributed by atoms with Crippen molar-refractivity contribution in [2.24, 2.45) is 10.8 Å². The summed E-state index contributed by atoms with van der Waals surface area (Å²) in [6, 6.07) is 12.8. The van der Waals surface area contributed by atoms with Gasteiger partial charge in [0.1, 0.15) is 0 Å². The van der Waals surface area contributed by atoms with Gasteiger partial charge in [0, 0.05) is 12.1 Å². The maximum absolute atomic E-state index is 12.4. The summed E-state index contributed by atoms with van der Waals surface area (Å²) in [7, 11) is -3.36. The van der Waals surface area contributed by atoms with Crippen LogP contribution in [-0.4, -0.2) is 25.0 Å². The van der Waals surface area contributed by atoms with Crippen LogP contribution >= 0.6 is 12.2 Å². The first-order chi connectivity index (χ1) is 10.4. The lowest BCUT2D eigenvalue weighted by Gasteiger charge is -2.06. The van der Waals surface area contributed by atoms with Gasteiger partial charge in [0.2, 0.25) is 0 Å². The van der Waals surface area contributed by atoms with Crippen molar-refractivity contribution >= 4 is 43.7 Å². The molecule has 0 aromatic heterocycles. The molecule has 116 valence electrons. The van der Waals surface area contributed by atoms with Crippen LogP contribution in [0.25, 0.3) is 10.8 Å². The van der Waals surface area contributed by atoms with E-state index in [0.29, 0.717) is 17.0 Å². The van der Waals surface area contributed by atoms with Gasteiger partial charge in [0.25, 0.3) is 0 Å². The van der Waals surface area contributed by atoms with Gasteiger partial charge in [-0.1, -0.05) is 30.3 Å². The lowest BCUT2D eigenvalue weighted by Crippen LogP contribution is -2.25. The first-order valence-corrected chi connectivity index (χ1v) is 8.75. The topological polar surface area (TPSA) is 84.5 Å². The van der Waals surface area contributed by atoms with Crippen LogP contribution in [0.1, 0.15) is 13.3 Å². The van der Waals surface area contributed by atoms with E-state index in [1.54, 1.807) is 19.1 Å². The monoisotopic (exact) mass is 335 g/mol. The van der Waals surface area contributed by atoms with E-state index in [4.69, 9.17) is 5.73 Å². The molecule has 2 aromatic rings. The molecule has 0 aliphatic heterocycles. The molecule has 0 amide bonds. The number of hydrazone groups is 1. The van der Waals surface area contributed by atoms with Gasteiger partial charge < -0.3 is 5.73 Å². The van der Waals surface area contributed by atoms with Gasteiger partial charge >= 0.3 is 0 Å². The number of hydrogen-bond acceptors (Lipinski definition) is 4. The molecule has 0 aliphatic carbocycles. The average Bonchev–Trinajstić information content (AvgIpc) is 2.50. The Balaban J connectivity index is 2.15. The van der Waals surface area contributed by atoms with E-state index in [-0.39, 0.29) is 10.9 Å². The van der Waals surface area contributed by atoms with Gasteiger partial charge in [0.15, 0.2) is 14.9 Å². The summed E-state index contributed by atoms with van der Waals surface area (Å²) in [6.45, 7) is 1.72. The van der Waals surface area contributed by atoms with Crippen molar-refractivity contribution in [3.8, 4) is 0 Å². The van der Waals surface area contributed by atoms with Crippen molar-refractivity contribution in [3.05, 3.63) is 42.5 Å². The summed E-state index contributed by atoms with van der Waals surface area (Å²) in [6.07, 6.45) is 0.310. The van der Waals surface area contributed by atoms with Gasteiger partial charge in [-0.05, 0) is 42.0 Å². The predicted octanol–water partition coefficient (Wildman–Crippen LogP) is 2.21. The van der Waals surface area contributed by atoms with Crippen LogP contribution in [0, 0.1) is 0 Å². The number of fused-ring (bicyclic) bond motifs is 1. The van der Waals surface area contributed by atoms with Crippen LogP contribution < -0.4 is 11.2 Å². The Morgan fingerprint density at radius 3 is 2.59 bits per heavy atom. The molecular weight excluding hydrogens is 318 g/mol. The minimum Gasteiger partial charge on any atom is -0.375 e. The highest BCUT2D eigenvalue weighted by molar-refractivity contribution is 7.91. The molecule has 7 heteroatoms. The molecule has 0 saturated heterocycles. The summed E-state index contributed by atoms with van der Waals surface area (Å²) >= 11 is 4.63. The van der Waals surface area contributed by atoms with Crippen molar-refractivity contribution in [3.63, 3.8) is 0 Å². The highest BCUT2D eigenvalue weighted by atomic mass is 32.2. The molecule has 0 fully saturated rings. The van der Waals surface area contributed by atoms with Crippen molar-refractivity contribution in [1.29, 1.82) is 0 Å². The molecule has 0 saturated carbocycles. The lowest BCUT2D eigenvalue weighted by molar-refractivity contribution is 0.596. The van der Waals surface area contributed by atoms with Crippen molar-refractivity contribution in [2.75, 3.05) is 5.75 Å². The Kier molecular flexibility index (Phi) is 5.10. The van der Waals surface area contributed by atoms with E-state index in [1.807, 2.05) is 30.3 Å². The second-order valence-electron chi connectivity index (χ2n) is 4.90. The number of benzene rings is 2. The SMILES string of the molecule is C/C(CCS(=O)(=O)c1ccc2ccccc2c1)=N/NC(N)=S. The molecule has 0 bridgehead atoms. The van der Waals surface area contributed by atoms with Crippen LogP contribution in [0.5, 0.6) is 0 Å². The van der Waals surface area contributed by atoms with E-state index < -0.39 is 9.84 Å². The zero-order chi connectivity index (χ0) is 16.2. The number of nitrogens with zero attached hydrogens (tertiary/aromatic N) is 1. The van der Waals surface area contributed by atoms with Gasteiger partial charge in [-0.2, -0.15) is 5.10 Å². The van der Waals surface area contributed by atoms with Gasteiger partial charge in [-0.25, -0.2) is 8.42 Å². The maximum Gasteiger partial charge on any atom is 0.184 e. The Morgan fingerprint density at radius 2 is 1.91 bits per heavy atom. The summed E-state index contributed by atoms with van der Waals surface area (Å²) in [4.78, 5) is 0.321. The normalized spacial score (nSPS) is 12.3. The Morgan fingerprint density at radius 1 is 1.23 bits per heavy atom. The zero-order valence-electron chi connectivity index (χ0n) is 12.1. The van der Waals surface area contributed by atoms with Gasteiger partial charge in [-0.15, -0.1) is 0 Å². The smallest absolute Gasteiger partial charge is 0.184 e. The number of hydrogen-bond donors (Lipinski definition) is 2. The van der Waals surface area contributed by atoms with Crippen LogP contribution in [0.15, 0.2) is 52.5 Å². The van der Waals surface area contributed by atoms with E-state index in [2.05, 4.69) is 22.7 Å². The van der Waals surface area contributed by atoms with Crippen LogP contribution in [0.4, 0.5) is 0 Å². The third kappa shape index (κ3) is 4.25. The summed E-state index contributed by atoms with van der Waals surface area (Å²) in [5.41, 5.74) is 8.33. The first kappa shape index (κ1) is 16.4. The van der Waals surface area contributed by atoms with E-state index in [9.17, 15) is 8.42 Å². The molecule has 0 atom stereocenters. The first-order valence-electron chi connectivity index (χ1n) is 6.69. The third-order valence-corrected chi connectivity index (χ3v) is 4.97.